The summed E-state index contributed by atoms with van der Waals surface area (Å²) in [6.45, 7) is 2.44. The van der Waals surface area contributed by atoms with Crippen LogP contribution in [0.5, 0.6) is 5.75 Å². The first kappa shape index (κ1) is 15.4. The van der Waals surface area contributed by atoms with E-state index in [1.807, 2.05) is 0 Å². The fourth-order valence-corrected chi connectivity index (χ4v) is 1.82. The van der Waals surface area contributed by atoms with Gasteiger partial charge >= 0.3 is 0 Å². The van der Waals surface area contributed by atoms with Crippen molar-refractivity contribution >= 4 is 5.91 Å². The van der Waals surface area contributed by atoms with Gasteiger partial charge in [0.05, 0.1) is 12.7 Å². The van der Waals surface area contributed by atoms with Crippen LogP contribution in [0.3, 0.4) is 0 Å². The number of hydrogen-bond acceptors (Lipinski definition) is 3. The molecule has 0 bridgehead atoms. The van der Waals surface area contributed by atoms with E-state index in [4.69, 9.17) is 10.5 Å². The van der Waals surface area contributed by atoms with E-state index in [9.17, 15) is 9.18 Å². The molecule has 0 saturated heterocycles. The highest BCUT2D eigenvalue weighted by molar-refractivity contribution is 5.97. The minimum atomic E-state index is -0.469. The van der Waals surface area contributed by atoms with Gasteiger partial charge in [0.2, 0.25) is 0 Å². The van der Waals surface area contributed by atoms with Gasteiger partial charge in [0.25, 0.3) is 5.91 Å². The molecule has 1 atom stereocenters. The lowest BCUT2D eigenvalue weighted by molar-refractivity contribution is 0.0932. The number of benzene rings is 1. The predicted octanol–water partition coefficient (Wildman–Crippen LogP) is 2.08. The Balaban J connectivity index is 2.78. The second-order valence-corrected chi connectivity index (χ2v) is 4.39. The number of unbranched alkanes of at least 4 members (excludes halogenated alkanes) is 1. The molecule has 0 spiro atoms. The van der Waals surface area contributed by atoms with Crippen LogP contribution in [0.15, 0.2) is 18.2 Å². The molecule has 0 aliphatic carbocycles. The lowest BCUT2D eigenvalue weighted by atomic mass is 10.1. The Morgan fingerprint density at radius 2 is 2.26 bits per heavy atom. The smallest absolute Gasteiger partial charge is 0.255 e. The Labute approximate surface area is 113 Å². The number of carbonyl (C=O) groups is 1. The van der Waals surface area contributed by atoms with E-state index in [1.54, 1.807) is 0 Å². The number of ether oxygens (including phenoxy) is 1. The standard InChI is InChI=1S/C14H21FN2O2/c1-3-4-5-11(9-16)17-14(18)12-8-10(15)6-7-13(12)19-2/h6-8,11H,3-5,9,16H2,1-2H3,(H,17,18). The summed E-state index contributed by atoms with van der Waals surface area (Å²) in [7, 11) is 1.45. The van der Waals surface area contributed by atoms with Gasteiger partial charge in [-0.2, -0.15) is 0 Å². The van der Waals surface area contributed by atoms with Crippen LogP contribution in [0.4, 0.5) is 4.39 Å². The molecule has 0 aliphatic rings. The van der Waals surface area contributed by atoms with E-state index >= 15 is 0 Å². The highest BCUT2D eigenvalue weighted by atomic mass is 19.1. The Hall–Kier alpha value is -1.62. The van der Waals surface area contributed by atoms with Crippen LogP contribution in [0.25, 0.3) is 0 Å². The van der Waals surface area contributed by atoms with E-state index in [0.717, 1.165) is 19.3 Å². The lowest BCUT2D eigenvalue weighted by Crippen LogP contribution is -2.40. The molecule has 19 heavy (non-hydrogen) atoms. The van der Waals surface area contributed by atoms with Crippen molar-refractivity contribution in [3.05, 3.63) is 29.6 Å². The van der Waals surface area contributed by atoms with E-state index in [1.165, 1.54) is 25.3 Å². The van der Waals surface area contributed by atoms with Gasteiger partial charge < -0.3 is 15.8 Å². The van der Waals surface area contributed by atoms with Gasteiger partial charge in [0.1, 0.15) is 11.6 Å². The molecule has 1 aromatic carbocycles. The maximum absolute atomic E-state index is 13.2. The first-order valence-corrected chi connectivity index (χ1v) is 6.46. The molecule has 1 unspecified atom stereocenters. The summed E-state index contributed by atoms with van der Waals surface area (Å²) in [6.07, 6.45) is 2.84. The third kappa shape index (κ3) is 4.52. The van der Waals surface area contributed by atoms with Crippen LogP contribution < -0.4 is 15.8 Å². The largest absolute Gasteiger partial charge is 0.496 e. The summed E-state index contributed by atoms with van der Waals surface area (Å²) in [6, 6.07) is 3.77. The number of rotatable bonds is 7. The molecule has 0 aromatic heterocycles. The van der Waals surface area contributed by atoms with Crippen molar-refractivity contribution in [2.45, 2.75) is 32.2 Å². The van der Waals surface area contributed by atoms with Gasteiger partial charge in [0, 0.05) is 12.6 Å². The van der Waals surface area contributed by atoms with Gasteiger partial charge in [-0.3, -0.25) is 4.79 Å². The number of methoxy groups -OCH3 is 1. The third-order valence-corrected chi connectivity index (χ3v) is 2.93. The molecule has 0 aliphatic heterocycles. The molecule has 0 fully saturated rings. The zero-order chi connectivity index (χ0) is 14.3. The molecular formula is C14H21FN2O2. The van der Waals surface area contributed by atoms with Crippen molar-refractivity contribution in [1.82, 2.24) is 5.32 Å². The van der Waals surface area contributed by atoms with Crippen LogP contribution in [0.1, 0.15) is 36.5 Å². The molecule has 4 nitrogen and oxygen atoms in total. The molecule has 5 heteroatoms. The predicted molar refractivity (Wildman–Crippen MR) is 72.8 cm³/mol. The SMILES string of the molecule is CCCCC(CN)NC(=O)c1cc(F)ccc1OC. The fourth-order valence-electron chi connectivity index (χ4n) is 1.82. The van der Waals surface area contributed by atoms with Gasteiger partial charge in [0.15, 0.2) is 0 Å². The van der Waals surface area contributed by atoms with Crippen molar-refractivity contribution in [3.8, 4) is 5.75 Å². The molecule has 106 valence electrons. The Morgan fingerprint density at radius 1 is 1.53 bits per heavy atom. The molecule has 1 aromatic rings. The molecular weight excluding hydrogens is 247 g/mol. The second-order valence-electron chi connectivity index (χ2n) is 4.39. The van der Waals surface area contributed by atoms with Crippen molar-refractivity contribution in [1.29, 1.82) is 0 Å². The molecule has 3 N–H and O–H groups in total. The first-order chi connectivity index (χ1) is 9.12. The summed E-state index contributed by atoms with van der Waals surface area (Å²) in [5.74, 6) is -0.475. The monoisotopic (exact) mass is 268 g/mol. The van der Waals surface area contributed by atoms with Crippen LogP contribution in [0, 0.1) is 5.82 Å². The minimum absolute atomic E-state index is 0.0968. The van der Waals surface area contributed by atoms with Crippen LogP contribution >= 0.6 is 0 Å². The van der Waals surface area contributed by atoms with E-state index in [-0.39, 0.29) is 17.5 Å². The lowest BCUT2D eigenvalue weighted by Gasteiger charge is -2.17. The molecule has 1 rings (SSSR count). The topological polar surface area (TPSA) is 64.3 Å². The fraction of sp³-hybridized carbons (Fsp3) is 0.500. The first-order valence-electron chi connectivity index (χ1n) is 6.46. The molecule has 0 heterocycles. The molecule has 0 saturated carbocycles. The van der Waals surface area contributed by atoms with E-state index < -0.39 is 5.82 Å². The Kier molecular flexibility index (Phi) is 6.29. The zero-order valence-electron chi connectivity index (χ0n) is 11.4. The summed E-state index contributed by atoms with van der Waals surface area (Å²) in [5, 5.41) is 2.81. The van der Waals surface area contributed by atoms with Crippen molar-refractivity contribution in [2.75, 3.05) is 13.7 Å². The summed E-state index contributed by atoms with van der Waals surface area (Å²) < 4.78 is 18.3. The zero-order valence-corrected chi connectivity index (χ0v) is 11.4. The highest BCUT2D eigenvalue weighted by Gasteiger charge is 2.16. The Bertz CT molecular complexity index is 424. The van der Waals surface area contributed by atoms with Crippen LogP contribution in [-0.2, 0) is 0 Å². The summed E-state index contributed by atoms with van der Waals surface area (Å²) >= 11 is 0. The van der Waals surface area contributed by atoms with Crippen LogP contribution in [-0.4, -0.2) is 25.6 Å². The molecule has 0 radical (unpaired) electrons. The number of nitrogens with two attached hydrogens (primary N) is 1. The maximum Gasteiger partial charge on any atom is 0.255 e. The van der Waals surface area contributed by atoms with Gasteiger partial charge in [-0.1, -0.05) is 19.8 Å². The quantitative estimate of drug-likeness (QED) is 0.795. The third-order valence-electron chi connectivity index (χ3n) is 2.93. The molecule has 1 amide bonds. The number of carbonyl (C=O) groups excluding carboxylic acids is 1. The minimum Gasteiger partial charge on any atom is -0.496 e. The average Bonchev–Trinajstić information content (AvgIpc) is 2.43. The summed E-state index contributed by atoms with van der Waals surface area (Å²) in [4.78, 5) is 12.1. The average molecular weight is 268 g/mol. The Morgan fingerprint density at radius 3 is 2.84 bits per heavy atom. The van der Waals surface area contributed by atoms with Crippen molar-refractivity contribution in [3.63, 3.8) is 0 Å². The van der Waals surface area contributed by atoms with Gasteiger partial charge in [-0.15, -0.1) is 0 Å². The number of nitrogens with one attached hydrogen (secondary N) is 1. The summed E-state index contributed by atoms with van der Waals surface area (Å²) in [5.41, 5.74) is 5.81. The van der Waals surface area contributed by atoms with Gasteiger partial charge in [-0.05, 0) is 24.6 Å². The van der Waals surface area contributed by atoms with E-state index in [2.05, 4.69) is 12.2 Å². The van der Waals surface area contributed by atoms with E-state index in [0.29, 0.717) is 12.3 Å². The number of halogens is 1. The second kappa shape index (κ2) is 7.74. The number of amides is 1. The normalized spacial score (nSPS) is 12.0. The van der Waals surface area contributed by atoms with Crippen molar-refractivity contribution in [2.24, 2.45) is 5.73 Å². The number of hydrogen-bond donors (Lipinski definition) is 2. The maximum atomic E-state index is 13.2. The highest BCUT2D eigenvalue weighted by Crippen LogP contribution is 2.19. The van der Waals surface area contributed by atoms with Gasteiger partial charge in [-0.25, -0.2) is 4.39 Å². The van der Waals surface area contributed by atoms with Crippen molar-refractivity contribution < 1.29 is 13.9 Å². The van der Waals surface area contributed by atoms with Crippen LogP contribution in [0.2, 0.25) is 0 Å².